The van der Waals surface area contributed by atoms with Crippen LogP contribution in [0.4, 0.5) is 0 Å². The van der Waals surface area contributed by atoms with Gasteiger partial charge in [0.1, 0.15) is 0 Å². The summed E-state index contributed by atoms with van der Waals surface area (Å²) in [4.78, 5) is 13.3. The predicted octanol–water partition coefficient (Wildman–Crippen LogP) is 1.90. The minimum absolute atomic E-state index is 0.199. The smallest absolute Gasteiger partial charge is 0.241 e. The summed E-state index contributed by atoms with van der Waals surface area (Å²) in [6.45, 7) is 6.51. The Balaban J connectivity index is 2.17. The summed E-state index contributed by atoms with van der Waals surface area (Å²) >= 11 is 0. The maximum atomic E-state index is 12.7. The third kappa shape index (κ3) is 3.75. The van der Waals surface area contributed by atoms with Gasteiger partial charge in [0.15, 0.2) is 5.25 Å². The summed E-state index contributed by atoms with van der Waals surface area (Å²) in [5.74, 6) is -0.176. The summed E-state index contributed by atoms with van der Waals surface area (Å²) in [5, 5.41) is -1.03. The van der Waals surface area contributed by atoms with Crippen LogP contribution in [-0.4, -0.2) is 56.0 Å². The van der Waals surface area contributed by atoms with Gasteiger partial charge in [-0.25, -0.2) is 12.7 Å². The van der Waals surface area contributed by atoms with E-state index in [2.05, 4.69) is 32.0 Å². The molecule has 2 rings (SSSR count). The van der Waals surface area contributed by atoms with Crippen molar-refractivity contribution in [3.63, 3.8) is 0 Å². The summed E-state index contributed by atoms with van der Waals surface area (Å²) in [5.41, 5.74) is 3.57. The second kappa shape index (κ2) is 6.61. The first-order valence-corrected chi connectivity index (χ1v) is 9.41. The monoisotopic (exact) mass is 338 g/mol. The van der Waals surface area contributed by atoms with Gasteiger partial charge in [-0.3, -0.25) is 4.79 Å². The minimum atomic E-state index is -3.60. The van der Waals surface area contributed by atoms with Crippen LogP contribution in [0.3, 0.4) is 0 Å². The zero-order valence-electron chi connectivity index (χ0n) is 14.5. The molecule has 0 N–H and O–H groups in total. The van der Waals surface area contributed by atoms with Gasteiger partial charge in [0.25, 0.3) is 0 Å². The van der Waals surface area contributed by atoms with Crippen LogP contribution in [0.25, 0.3) is 0 Å². The number of hydrogen-bond acceptors (Lipinski definition) is 3. The molecule has 0 radical (unpaired) electrons. The fourth-order valence-electron chi connectivity index (χ4n) is 3.19. The average molecular weight is 338 g/mol. The van der Waals surface area contributed by atoms with Crippen molar-refractivity contribution in [2.45, 2.75) is 38.4 Å². The van der Waals surface area contributed by atoms with E-state index in [4.69, 9.17) is 0 Å². The van der Waals surface area contributed by atoms with Crippen LogP contribution in [0.1, 0.15) is 36.0 Å². The second-order valence-electron chi connectivity index (χ2n) is 6.68. The Bertz CT molecular complexity index is 678. The molecular formula is C17H26N2O3S. The summed E-state index contributed by atoms with van der Waals surface area (Å²) in [6.07, 6.45) is 0.797. The minimum Gasteiger partial charge on any atom is -0.348 e. The third-order valence-corrected chi connectivity index (χ3v) is 6.61. The molecular weight excluding hydrogens is 312 g/mol. The van der Waals surface area contributed by atoms with E-state index in [1.807, 2.05) is 0 Å². The van der Waals surface area contributed by atoms with Crippen molar-refractivity contribution >= 4 is 15.9 Å². The third-order valence-electron chi connectivity index (χ3n) is 4.46. The van der Waals surface area contributed by atoms with Crippen LogP contribution in [0.15, 0.2) is 18.2 Å². The van der Waals surface area contributed by atoms with E-state index in [9.17, 15) is 13.2 Å². The Morgan fingerprint density at radius 2 is 1.78 bits per heavy atom. The molecule has 23 heavy (non-hydrogen) atoms. The van der Waals surface area contributed by atoms with Crippen LogP contribution in [0, 0.1) is 13.8 Å². The molecule has 0 unspecified atom stereocenters. The molecule has 1 aliphatic rings. The van der Waals surface area contributed by atoms with E-state index in [-0.39, 0.29) is 11.8 Å². The van der Waals surface area contributed by atoms with Crippen molar-refractivity contribution in [2.75, 3.05) is 27.2 Å². The van der Waals surface area contributed by atoms with Gasteiger partial charge in [0.05, 0.1) is 0 Å². The molecule has 0 saturated carbocycles. The fraction of sp³-hybridized carbons (Fsp3) is 0.588. The van der Waals surface area contributed by atoms with Crippen LogP contribution < -0.4 is 0 Å². The van der Waals surface area contributed by atoms with E-state index in [0.717, 1.165) is 6.42 Å². The molecule has 0 aliphatic carbocycles. The SMILES string of the molecule is Cc1cc(C)cc([C@H]2CCN(S(=O)(=O)[C@@H](C)C(=O)N(C)C)C2)c1. The first-order valence-electron chi connectivity index (χ1n) is 7.91. The van der Waals surface area contributed by atoms with Crippen molar-refractivity contribution in [1.29, 1.82) is 0 Å². The lowest BCUT2D eigenvalue weighted by Gasteiger charge is -2.23. The number of carbonyl (C=O) groups excluding carboxylic acids is 1. The molecule has 1 aromatic rings. The average Bonchev–Trinajstić information content (AvgIpc) is 2.95. The first kappa shape index (κ1) is 17.9. The highest BCUT2D eigenvalue weighted by Crippen LogP contribution is 2.31. The lowest BCUT2D eigenvalue weighted by molar-refractivity contribution is -0.128. The lowest BCUT2D eigenvalue weighted by atomic mass is 9.95. The molecule has 1 saturated heterocycles. The van der Waals surface area contributed by atoms with Crippen molar-refractivity contribution < 1.29 is 13.2 Å². The predicted molar refractivity (Wildman–Crippen MR) is 91.9 cm³/mol. The number of carbonyl (C=O) groups is 1. The van der Waals surface area contributed by atoms with Gasteiger partial charge >= 0.3 is 0 Å². The van der Waals surface area contributed by atoms with Crippen LogP contribution in [0.5, 0.6) is 0 Å². The quantitative estimate of drug-likeness (QED) is 0.842. The van der Waals surface area contributed by atoms with E-state index >= 15 is 0 Å². The topological polar surface area (TPSA) is 57.7 Å². The van der Waals surface area contributed by atoms with Crippen molar-refractivity contribution in [1.82, 2.24) is 9.21 Å². The van der Waals surface area contributed by atoms with Gasteiger partial charge in [0, 0.05) is 27.2 Å². The van der Waals surface area contributed by atoms with Gasteiger partial charge in [-0.1, -0.05) is 29.3 Å². The van der Waals surface area contributed by atoms with Crippen molar-refractivity contribution in [2.24, 2.45) is 0 Å². The Hall–Kier alpha value is -1.40. The molecule has 1 aromatic carbocycles. The number of benzene rings is 1. The standard InChI is InChI=1S/C17H26N2O3S/c1-12-8-13(2)10-16(9-12)15-6-7-19(11-15)23(21,22)14(3)17(20)18(4)5/h8-10,14-15H,6-7,11H2,1-5H3/t14-,15-/m0/s1. The maximum absolute atomic E-state index is 12.7. The number of hydrogen-bond donors (Lipinski definition) is 0. The van der Waals surface area contributed by atoms with Crippen molar-refractivity contribution in [3.8, 4) is 0 Å². The Morgan fingerprint density at radius 1 is 1.22 bits per heavy atom. The van der Waals surface area contributed by atoms with E-state index in [1.165, 1.54) is 32.8 Å². The van der Waals surface area contributed by atoms with Gasteiger partial charge < -0.3 is 4.90 Å². The molecule has 1 heterocycles. The van der Waals surface area contributed by atoms with Gasteiger partial charge in [0.2, 0.25) is 15.9 Å². The molecule has 5 nitrogen and oxygen atoms in total. The molecule has 1 amide bonds. The zero-order chi connectivity index (χ0) is 17.4. The Kier molecular flexibility index (Phi) is 5.16. The molecule has 2 atom stereocenters. The number of sulfonamides is 1. The molecule has 0 aromatic heterocycles. The van der Waals surface area contributed by atoms with E-state index in [0.29, 0.717) is 13.1 Å². The molecule has 6 heteroatoms. The van der Waals surface area contributed by atoms with E-state index in [1.54, 1.807) is 14.1 Å². The summed E-state index contributed by atoms with van der Waals surface area (Å²) < 4.78 is 26.8. The Labute approximate surface area is 139 Å². The Morgan fingerprint density at radius 3 is 2.30 bits per heavy atom. The maximum Gasteiger partial charge on any atom is 0.241 e. The molecule has 128 valence electrons. The second-order valence-corrected chi connectivity index (χ2v) is 8.94. The first-order chi connectivity index (χ1) is 10.6. The van der Waals surface area contributed by atoms with Crippen LogP contribution in [0.2, 0.25) is 0 Å². The number of rotatable bonds is 4. The highest BCUT2D eigenvalue weighted by molar-refractivity contribution is 7.90. The number of amides is 1. The summed E-state index contributed by atoms with van der Waals surface area (Å²) in [7, 11) is -0.442. The number of nitrogens with zero attached hydrogens (tertiary/aromatic N) is 2. The fourth-order valence-corrected chi connectivity index (χ4v) is 4.85. The summed E-state index contributed by atoms with van der Waals surface area (Å²) in [6, 6.07) is 6.37. The van der Waals surface area contributed by atoms with Gasteiger partial charge in [-0.05, 0) is 38.7 Å². The van der Waals surface area contributed by atoms with Crippen LogP contribution in [-0.2, 0) is 14.8 Å². The highest BCUT2D eigenvalue weighted by Gasteiger charge is 2.39. The van der Waals surface area contributed by atoms with Crippen molar-refractivity contribution in [3.05, 3.63) is 34.9 Å². The normalized spacial score (nSPS) is 20.5. The largest absolute Gasteiger partial charge is 0.348 e. The number of aryl methyl sites for hydroxylation is 2. The molecule has 0 bridgehead atoms. The highest BCUT2D eigenvalue weighted by atomic mass is 32.2. The molecule has 0 spiro atoms. The molecule has 1 fully saturated rings. The zero-order valence-corrected chi connectivity index (χ0v) is 15.4. The lowest BCUT2D eigenvalue weighted by Crippen LogP contribution is -2.44. The van der Waals surface area contributed by atoms with Gasteiger partial charge in [-0.15, -0.1) is 0 Å². The van der Waals surface area contributed by atoms with Gasteiger partial charge in [-0.2, -0.15) is 0 Å². The molecule has 1 aliphatic heterocycles. The van der Waals surface area contributed by atoms with E-state index < -0.39 is 15.3 Å². The van der Waals surface area contributed by atoms with Crippen LogP contribution >= 0.6 is 0 Å².